The highest BCUT2D eigenvalue weighted by Gasteiger charge is 2.43. The van der Waals surface area contributed by atoms with Crippen LogP contribution in [0.1, 0.15) is 47.0 Å². The van der Waals surface area contributed by atoms with Gasteiger partial charge in [-0.1, -0.05) is 27.7 Å². The fraction of sp³-hybridized carbons (Fsp3) is 0.762. The molecular weight excluding hydrogens is 443 g/mol. The molecular formula is C21H32F3N5O4. The van der Waals surface area contributed by atoms with Gasteiger partial charge in [-0.3, -0.25) is 19.2 Å². The summed E-state index contributed by atoms with van der Waals surface area (Å²) in [6.45, 7) is 7.04. The Morgan fingerprint density at radius 1 is 1.21 bits per heavy atom. The van der Waals surface area contributed by atoms with E-state index >= 15 is 0 Å². The molecule has 0 aromatic rings. The largest absolute Gasteiger partial charge is 0.471 e. The van der Waals surface area contributed by atoms with Gasteiger partial charge in [-0.05, 0) is 31.1 Å². The van der Waals surface area contributed by atoms with E-state index < -0.39 is 53.9 Å². The molecule has 1 unspecified atom stereocenters. The maximum atomic E-state index is 13.0. The minimum Gasteiger partial charge on any atom is -0.356 e. The second kappa shape index (κ2) is 11.9. The highest BCUT2D eigenvalue weighted by Crippen LogP contribution is 2.20. The van der Waals surface area contributed by atoms with Gasteiger partial charge in [0.25, 0.3) is 0 Å². The number of halogens is 3. The fourth-order valence-corrected chi connectivity index (χ4v) is 3.56. The first-order valence-electron chi connectivity index (χ1n) is 10.8. The zero-order valence-electron chi connectivity index (χ0n) is 19.5. The van der Waals surface area contributed by atoms with Gasteiger partial charge in [-0.25, -0.2) is 0 Å². The van der Waals surface area contributed by atoms with Gasteiger partial charge in [0.15, 0.2) is 0 Å². The summed E-state index contributed by atoms with van der Waals surface area (Å²) in [5, 5.41) is 16.3. The number of alkyl halides is 3. The van der Waals surface area contributed by atoms with Crippen LogP contribution in [0.15, 0.2) is 0 Å². The quantitative estimate of drug-likeness (QED) is 0.435. The third-order valence-corrected chi connectivity index (χ3v) is 5.44. The number of hydrogen-bond donors (Lipinski definition) is 3. The number of rotatable bonds is 10. The molecule has 0 radical (unpaired) electrons. The Balaban J connectivity index is 3.02. The molecule has 1 saturated heterocycles. The number of carbonyl (C=O) groups is 4. The summed E-state index contributed by atoms with van der Waals surface area (Å²) in [7, 11) is 1.27. The average molecular weight is 476 g/mol. The van der Waals surface area contributed by atoms with Crippen molar-refractivity contribution in [1.29, 1.82) is 5.26 Å². The molecule has 1 rings (SSSR count). The predicted octanol–water partition coefficient (Wildman–Crippen LogP) is 1.10. The molecule has 0 aliphatic carbocycles. The van der Waals surface area contributed by atoms with Crippen LogP contribution in [-0.2, 0) is 19.2 Å². The topological polar surface area (TPSA) is 131 Å². The van der Waals surface area contributed by atoms with E-state index in [0.717, 1.165) is 4.90 Å². The van der Waals surface area contributed by atoms with Crippen LogP contribution in [0.5, 0.6) is 0 Å². The van der Waals surface area contributed by atoms with Gasteiger partial charge in [0.2, 0.25) is 17.7 Å². The number of hydrogen-bond acceptors (Lipinski definition) is 5. The van der Waals surface area contributed by atoms with Crippen LogP contribution in [0.25, 0.3) is 0 Å². The molecule has 1 aliphatic heterocycles. The van der Waals surface area contributed by atoms with Crippen LogP contribution in [0.2, 0.25) is 0 Å². The molecule has 4 atom stereocenters. The van der Waals surface area contributed by atoms with E-state index in [9.17, 15) is 37.6 Å². The van der Waals surface area contributed by atoms with Crippen molar-refractivity contribution in [2.45, 2.75) is 71.3 Å². The van der Waals surface area contributed by atoms with E-state index in [2.05, 4.69) is 10.6 Å². The normalized spacial score (nSPS) is 18.8. The van der Waals surface area contributed by atoms with Gasteiger partial charge < -0.3 is 20.9 Å². The van der Waals surface area contributed by atoms with Crippen molar-refractivity contribution >= 4 is 23.6 Å². The molecule has 9 nitrogen and oxygen atoms in total. The van der Waals surface area contributed by atoms with Crippen molar-refractivity contribution in [2.75, 3.05) is 13.6 Å². The van der Waals surface area contributed by atoms with E-state index in [1.807, 2.05) is 6.07 Å². The lowest BCUT2D eigenvalue weighted by atomic mass is 9.96. The van der Waals surface area contributed by atoms with Gasteiger partial charge in [0.05, 0.1) is 6.07 Å². The smallest absolute Gasteiger partial charge is 0.356 e. The summed E-state index contributed by atoms with van der Waals surface area (Å²) in [5.74, 6) is -5.12. The van der Waals surface area contributed by atoms with Crippen molar-refractivity contribution in [2.24, 2.45) is 17.8 Å². The molecule has 12 heteroatoms. The van der Waals surface area contributed by atoms with E-state index in [1.54, 1.807) is 19.2 Å². The summed E-state index contributed by atoms with van der Waals surface area (Å²) >= 11 is 0. The number of likely N-dealkylation sites (N-methyl/N-ethyl adjacent to an activating group) is 1. The highest BCUT2D eigenvalue weighted by atomic mass is 19.4. The summed E-state index contributed by atoms with van der Waals surface area (Å²) in [4.78, 5) is 50.2. The van der Waals surface area contributed by atoms with Crippen LogP contribution in [-0.4, -0.2) is 66.4 Å². The molecule has 186 valence electrons. The third-order valence-electron chi connectivity index (χ3n) is 5.44. The van der Waals surface area contributed by atoms with Gasteiger partial charge in [0.1, 0.15) is 18.1 Å². The number of nitrogens with zero attached hydrogens (tertiary/aromatic N) is 2. The molecule has 1 fully saturated rings. The third kappa shape index (κ3) is 8.22. The Morgan fingerprint density at radius 2 is 1.82 bits per heavy atom. The molecule has 0 aromatic heterocycles. The van der Waals surface area contributed by atoms with Gasteiger partial charge >= 0.3 is 12.1 Å². The molecule has 1 heterocycles. The number of amides is 4. The monoisotopic (exact) mass is 475 g/mol. The van der Waals surface area contributed by atoms with Crippen molar-refractivity contribution < 1.29 is 32.3 Å². The second-order valence-corrected chi connectivity index (χ2v) is 8.99. The highest BCUT2D eigenvalue weighted by molar-refractivity contribution is 5.93. The zero-order valence-corrected chi connectivity index (χ0v) is 19.5. The Bertz CT molecular complexity index is 779. The Labute approximate surface area is 191 Å². The minimum absolute atomic E-state index is 0.0700. The number of carbonyl (C=O) groups excluding carboxylic acids is 4. The first kappa shape index (κ1) is 28.2. The lowest BCUT2D eigenvalue weighted by Gasteiger charge is -2.33. The molecule has 0 aromatic carbocycles. The zero-order chi connectivity index (χ0) is 25.5. The fourth-order valence-electron chi connectivity index (χ4n) is 3.56. The number of nitrogens with one attached hydrogen (secondary N) is 3. The Morgan fingerprint density at radius 3 is 2.24 bits per heavy atom. The van der Waals surface area contributed by atoms with E-state index in [4.69, 9.17) is 0 Å². The minimum atomic E-state index is -5.16. The first-order chi connectivity index (χ1) is 15.2. The maximum Gasteiger partial charge on any atom is 0.471 e. The van der Waals surface area contributed by atoms with E-state index in [-0.39, 0.29) is 24.7 Å². The molecule has 3 N–H and O–H groups in total. The van der Waals surface area contributed by atoms with Crippen molar-refractivity contribution in [3.05, 3.63) is 0 Å². The van der Waals surface area contributed by atoms with Crippen LogP contribution >= 0.6 is 0 Å². The first-order valence-corrected chi connectivity index (χ1v) is 10.8. The molecule has 0 saturated carbocycles. The average Bonchev–Trinajstić information content (AvgIpc) is 3.11. The lowest BCUT2D eigenvalue weighted by molar-refractivity contribution is -0.175. The van der Waals surface area contributed by atoms with Gasteiger partial charge in [-0.15, -0.1) is 0 Å². The van der Waals surface area contributed by atoms with Crippen molar-refractivity contribution in [3.8, 4) is 6.07 Å². The lowest BCUT2D eigenvalue weighted by Crippen LogP contribution is -2.58. The molecule has 0 spiro atoms. The Kier molecular flexibility index (Phi) is 10.1. The van der Waals surface area contributed by atoms with Crippen LogP contribution in [0.3, 0.4) is 0 Å². The molecule has 0 bridgehead atoms. The molecule has 1 aliphatic rings. The summed E-state index contributed by atoms with van der Waals surface area (Å²) in [6.07, 6.45) is -4.34. The summed E-state index contributed by atoms with van der Waals surface area (Å²) in [6, 6.07) is -1.62. The van der Waals surface area contributed by atoms with Crippen molar-refractivity contribution in [1.82, 2.24) is 20.9 Å². The standard InChI is InChI=1S/C21H32F3N5O4/c1-11(2)8-15(18(31)27-14(10-25)9-13-6-7-26-17(13)30)29(5)19(32)16(12(3)4)28-20(33)21(22,23)24/h11-16H,6-9H2,1-5H3,(H,26,30)(H,27,31)(H,28,33)/t13-,14-,15-,16?/m0/s1. The van der Waals surface area contributed by atoms with Crippen LogP contribution < -0.4 is 16.0 Å². The summed E-state index contributed by atoms with van der Waals surface area (Å²) < 4.78 is 38.1. The predicted molar refractivity (Wildman–Crippen MR) is 112 cm³/mol. The SMILES string of the molecule is CC(C)C[C@@H](C(=O)N[C@H](C#N)C[C@@H]1CCNC1=O)N(C)C(=O)C(NC(=O)C(F)(F)F)C(C)C. The number of nitriles is 1. The second-order valence-electron chi connectivity index (χ2n) is 8.99. The van der Waals surface area contributed by atoms with Crippen molar-refractivity contribution in [3.63, 3.8) is 0 Å². The van der Waals surface area contributed by atoms with Crippen LogP contribution in [0, 0.1) is 29.1 Å². The summed E-state index contributed by atoms with van der Waals surface area (Å²) in [5.41, 5.74) is 0. The van der Waals surface area contributed by atoms with E-state index in [1.165, 1.54) is 20.9 Å². The van der Waals surface area contributed by atoms with E-state index in [0.29, 0.717) is 13.0 Å². The van der Waals surface area contributed by atoms with Crippen LogP contribution in [0.4, 0.5) is 13.2 Å². The van der Waals surface area contributed by atoms with Gasteiger partial charge in [0, 0.05) is 19.5 Å². The van der Waals surface area contributed by atoms with Gasteiger partial charge in [-0.2, -0.15) is 18.4 Å². The molecule has 4 amide bonds. The molecule has 33 heavy (non-hydrogen) atoms. The maximum absolute atomic E-state index is 13.0. The Hall–Kier alpha value is -2.84.